The summed E-state index contributed by atoms with van der Waals surface area (Å²) in [5.41, 5.74) is 2.35. The maximum atomic E-state index is 12.9. The first-order valence-corrected chi connectivity index (χ1v) is 12.1. The van der Waals surface area contributed by atoms with E-state index in [4.69, 9.17) is 26.4 Å². The average Bonchev–Trinajstić information content (AvgIpc) is 2.82. The normalized spacial score (nSPS) is 13.8. The third-order valence-corrected chi connectivity index (χ3v) is 5.60. The molecule has 2 N–H and O–H groups in total. The first-order chi connectivity index (χ1) is 16.4. The number of benzene rings is 2. The van der Waals surface area contributed by atoms with E-state index in [1.165, 1.54) is 5.69 Å². The predicted octanol–water partition coefficient (Wildman–Crippen LogP) is 3.76. The highest BCUT2D eigenvalue weighted by atomic mass is 32.1. The van der Waals surface area contributed by atoms with E-state index in [0.29, 0.717) is 42.6 Å². The van der Waals surface area contributed by atoms with Gasteiger partial charge in [-0.3, -0.25) is 10.1 Å². The zero-order valence-electron chi connectivity index (χ0n) is 20.3. The van der Waals surface area contributed by atoms with Crippen LogP contribution in [0.5, 0.6) is 17.2 Å². The van der Waals surface area contributed by atoms with Gasteiger partial charge in [0.05, 0.1) is 19.8 Å². The Kier molecular flexibility index (Phi) is 9.35. The molecule has 0 aromatic heterocycles. The van der Waals surface area contributed by atoms with Crippen LogP contribution in [0.4, 0.5) is 11.4 Å². The van der Waals surface area contributed by atoms with Gasteiger partial charge in [-0.25, -0.2) is 0 Å². The molecule has 0 atom stereocenters. The van der Waals surface area contributed by atoms with Gasteiger partial charge in [-0.1, -0.05) is 0 Å². The molecule has 1 aliphatic rings. The zero-order valence-corrected chi connectivity index (χ0v) is 21.2. The van der Waals surface area contributed by atoms with Crippen LogP contribution < -0.4 is 29.7 Å². The van der Waals surface area contributed by atoms with E-state index in [0.717, 1.165) is 31.9 Å². The number of nitrogens with zero attached hydrogens (tertiary/aromatic N) is 2. The lowest BCUT2D eigenvalue weighted by atomic mass is 10.1. The molecule has 184 valence electrons. The number of carbonyl (C=O) groups excluding carboxylic acids is 1. The average molecular weight is 487 g/mol. The topological polar surface area (TPSA) is 75.3 Å². The first-order valence-electron chi connectivity index (χ1n) is 11.7. The van der Waals surface area contributed by atoms with E-state index < -0.39 is 0 Å². The van der Waals surface area contributed by atoms with Gasteiger partial charge in [0, 0.05) is 43.1 Å². The van der Waals surface area contributed by atoms with E-state index in [1.807, 2.05) is 32.9 Å². The standard InChI is InChI=1S/C25H34N4O4S/c1-5-31-21-16-18(17-22(32-6-2)23(21)33-7-3)24(30)27-25(34)26-19-8-10-20(11-9-19)29-14-12-28(4)13-15-29/h8-11,16-17H,5-7,12-15H2,1-4H3,(H2,26,27,30,34). The van der Waals surface area contributed by atoms with Gasteiger partial charge in [-0.05, 0) is 76.4 Å². The van der Waals surface area contributed by atoms with Crippen molar-refractivity contribution in [1.82, 2.24) is 10.2 Å². The number of rotatable bonds is 9. The molecule has 0 bridgehead atoms. The van der Waals surface area contributed by atoms with Crippen molar-refractivity contribution in [3.63, 3.8) is 0 Å². The SMILES string of the molecule is CCOc1cc(C(=O)NC(=S)Nc2ccc(N3CCN(C)CC3)cc2)cc(OCC)c1OCC. The van der Waals surface area contributed by atoms with Crippen LogP contribution in [0.25, 0.3) is 0 Å². The van der Waals surface area contributed by atoms with Gasteiger partial charge in [0.25, 0.3) is 5.91 Å². The molecule has 0 aliphatic carbocycles. The van der Waals surface area contributed by atoms with Crippen molar-refractivity contribution >= 4 is 34.6 Å². The lowest BCUT2D eigenvalue weighted by molar-refractivity contribution is 0.0976. The van der Waals surface area contributed by atoms with Crippen LogP contribution in [0.1, 0.15) is 31.1 Å². The molecule has 0 radical (unpaired) electrons. The summed E-state index contributed by atoms with van der Waals surface area (Å²) in [6.07, 6.45) is 0. The molecule has 3 rings (SSSR count). The van der Waals surface area contributed by atoms with E-state index in [1.54, 1.807) is 12.1 Å². The quantitative estimate of drug-likeness (QED) is 0.519. The van der Waals surface area contributed by atoms with E-state index in [9.17, 15) is 4.79 Å². The number of thiocarbonyl (C=S) groups is 1. The van der Waals surface area contributed by atoms with Gasteiger partial charge in [0.1, 0.15) is 0 Å². The molecular weight excluding hydrogens is 452 g/mol. The zero-order chi connectivity index (χ0) is 24.5. The molecule has 9 heteroatoms. The van der Waals surface area contributed by atoms with Crippen molar-refractivity contribution in [2.75, 3.05) is 63.3 Å². The van der Waals surface area contributed by atoms with Crippen molar-refractivity contribution in [3.05, 3.63) is 42.0 Å². The highest BCUT2D eigenvalue weighted by molar-refractivity contribution is 7.80. The summed E-state index contributed by atoms with van der Waals surface area (Å²) in [7, 11) is 2.14. The monoisotopic (exact) mass is 486 g/mol. The van der Waals surface area contributed by atoms with Crippen molar-refractivity contribution < 1.29 is 19.0 Å². The largest absolute Gasteiger partial charge is 0.490 e. The third kappa shape index (κ3) is 6.74. The number of carbonyl (C=O) groups is 1. The van der Waals surface area contributed by atoms with E-state index >= 15 is 0 Å². The van der Waals surface area contributed by atoms with Gasteiger partial charge >= 0.3 is 0 Å². The third-order valence-electron chi connectivity index (χ3n) is 5.39. The summed E-state index contributed by atoms with van der Waals surface area (Å²) >= 11 is 5.37. The Balaban J connectivity index is 1.66. The summed E-state index contributed by atoms with van der Waals surface area (Å²) in [6, 6.07) is 11.3. The molecule has 34 heavy (non-hydrogen) atoms. The second-order valence-corrected chi connectivity index (χ2v) is 8.25. The van der Waals surface area contributed by atoms with Gasteiger partial charge in [-0.15, -0.1) is 0 Å². The Labute approximate surface area is 207 Å². The minimum absolute atomic E-state index is 0.210. The van der Waals surface area contributed by atoms with Gasteiger partial charge < -0.3 is 29.3 Å². The molecule has 1 heterocycles. The van der Waals surface area contributed by atoms with E-state index in [2.05, 4.69) is 39.6 Å². The molecule has 8 nitrogen and oxygen atoms in total. The van der Waals surface area contributed by atoms with Crippen molar-refractivity contribution in [1.29, 1.82) is 0 Å². The van der Waals surface area contributed by atoms with Crippen LogP contribution in [0.3, 0.4) is 0 Å². The van der Waals surface area contributed by atoms with Gasteiger partial charge in [0.15, 0.2) is 16.6 Å². The lowest BCUT2D eigenvalue weighted by Gasteiger charge is -2.34. The Morgan fingerprint density at radius 3 is 2.00 bits per heavy atom. The predicted molar refractivity (Wildman–Crippen MR) is 140 cm³/mol. The fraction of sp³-hybridized carbons (Fsp3) is 0.440. The highest BCUT2D eigenvalue weighted by Crippen LogP contribution is 2.39. The molecule has 0 unspecified atom stereocenters. The van der Waals surface area contributed by atoms with Crippen LogP contribution in [-0.4, -0.2) is 69.0 Å². The number of piperazine rings is 1. The highest BCUT2D eigenvalue weighted by Gasteiger charge is 2.19. The smallest absolute Gasteiger partial charge is 0.257 e. The molecule has 2 aromatic carbocycles. The summed E-state index contributed by atoms with van der Waals surface area (Å²) in [4.78, 5) is 17.6. The van der Waals surface area contributed by atoms with Crippen molar-refractivity contribution in [2.45, 2.75) is 20.8 Å². The molecule has 0 spiro atoms. The van der Waals surface area contributed by atoms with Gasteiger partial charge in [-0.2, -0.15) is 0 Å². The summed E-state index contributed by atoms with van der Waals surface area (Å²) in [5, 5.41) is 6.02. The van der Waals surface area contributed by atoms with Crippen LogP contribution in [-0.2, 0) is 0 Å². The second-order valence-electron chi connectivity index (χ2n) is 7.85. The van der Waals surface area contributed by atoms with Crippen LogP contribution in [0, 0.1) is 0 Å². The second kappa shape index (κ2) is 12.4. The Morgan fingerprint density at radius 2 is 1.47 bits per heavy atom. The fourth-order valence-electron chi connectivity index (χ4n) is 3.68. The molecular formula is C25H34N4O4S. The Hall–Kier alpha value is -3.04. The minimum atomic E-state index is -0.364. The fourth-order valence-corrected chi connectivity index (χ4v) is 3.89. The van der Waals surface area contributed by atoms with Crippen LogP contribution in [0.2, 0.25) is 0 Å². The number of nitrogens with one attached hydrogen (secondary N) is 2. The summed E-state index contributed by atoms with van der Waals surface area (Å²) < 4.78 is 17.1. The number of hydrogen-bond acceptors (Lipinski definition) is 7. The molecule has 1 fully saturated rings. The lowest BCUT2D eigenvalue weighted by Crippen LogP contribution is -2.44. The minimum Gasteiger partial charge on any atom is -0.490 e. The molecule has 1 saturated heterocycles. The molecule has 1 amide bonds. The maximum absolute atomic E-state index is 12.9. The van der Waals surface area contributed by atoms with Gasteiger partial charge in [0.2, 0.25) is 5.75 Å². The molecule has 2 aromatic rings. The Morgan fingerprint density at radius 1 is 0.912 bits per heavy atom. The van der Waals surface area contributed by atoms with Crippen molar-refractivity contribution in [3.8, 4) is 17.2 Å². The van der Waals surface area contributed by atoms with Crippen molar-refractivity contribution in [2.24, 2.45) is 0 Å². The molecule has 1 aliphatic heterocycles. The summed E-state index contributed by atoms with van der Waals surface area (Å²) in [6.45, 7) is 11.1. The van der Waals surface area contributed by atoms with Crippen LogP contribution >= 0.6 is 12.2 Å². The van der Waals surface area contributed by atoms with Crippen LogP contribution in [0.15, 0.2) is 36.4 Å². The number of hydrogen-bond donors (Lipinski definition) is 2. The van der Waals surface area contributed by atoms with E-state index in [-0.39, 0.29) is 11.0 Å². The number of amides is 1. The number of anilines is 2. The first kappa shape index (κ1) is 25.6. The molecule has 0 saturated carbocycles. The maximum Gasteiger partial charge on any atom is 0.257 e. The summed E-state index contributed by atoms with van der Waals surface area (Å²) in [5.74, 6) is 1.04. The number of ether oxygens (including phenoxy) is 3. The Bertz CT molecular complexity index is 948. The number of likely N-dealkylation sites (N-methyl/N-ethyl adjacent to an activating group) is 1.